The first-order chi connectivity index (χ1) is 33.0. The molecule has 0 radical (unpaired) electrons. The summed E-state index contributed by atoms with van der Waals surface area (Å²) in [5.41, 5.74) is 22.6. The number of pyridine rings is 1. The van der Waals surface area contributed by atoms with Crippen LogP contribution in [0.15, 0.2) is 140 Å². The Bertz CT molecular complexity index is 3060. The Balaban J connectivity index is 1.28. The summed E-state index contributed by atoms with van der Waals surface area (Å²) in [6, 6.07) is 52.4. The van der Waals surface area contributed by atoms with Gasteiger partial charge in [0.25, 0.3) is 6.71 Å². The van der Waals surface area contributed by atoms with Crippen LogP contribution in [0.4, 0.5) is 45.5 Å². The second kappa shape index (κ2) is 15.7. The third-order valence-corrected chi connectivity index (χ3v) is 17.1. The number of aromatic nitrogens is 1. The average molecular weight is 921 g/mol. The lowest BCUT2D eigenvalue weighted by Crippen LogP contribution is -2.61. The van der Waals surface area contributed by atoms with E-state index in [9.17, 15) is 0 Å². The van der Waals surface area contributed by atoms with Crippen molar-refractivity contribution in [3.63, 3.8) is 0 Å². The third-order valence-electron chi connectivity index (χ3n) is 17.1. The molecule has 1 fully saturated rings. The predicted molar refractivity (Wildman–Crippen MR) is 301 cm³/mol. The molecule has 0 bridgehead atoms. The SMILES string of the molecule is CC(C)(C)c1cccc(N2c3cc(C(C)(C)C)ccc3B3c4ccc(C(C)(C)C)cc4N(c4cccc(C(C)(C)C)c4)c4cc(N5c6ccc(-c7ccccn7)cc6C6(C)CCCCC56C)cc2c43)c1. The zero-order valence-electron chi connectivity index (χ0n) is 44.5. The Hall–Kier alpha value is -6.07. The number of hydrogen-bond donors (Lipinski definition) is 0. The first-order valence-corrected chi connectivity index (χ1v) is 26.1. The Morgan fingerprint density at radius 2 is 0.971 bits per heavy atom. The molecule has 0 amide bonds. The van der Waals surface area contributed by atoms with Crippen LogP contribution in [0.1, 0.15) is 150 Å². The van der Waals surface area contributed by atoms with Crippen molar-refractivity contribution in [2.45, 2.75) is 155 Å². The lowest BCUT2D eigenvalue weighted by Gasteiger charge is -2.51. The van der Waals surface area contributed by atoms with Crippen molar-refractivity contribution in [2.75, 3.05) is 14.7 Å². The second-order valence-electron chi connectivity index (χ2n) is 25.7. The third kappa shape index (κ3) is 7.18. The molecular weight excluding hydrogens is 848 g/mol. The molecule has 3 aliphatic heterocycles. The molecule has 1 aromatic heterocycles. The summed E-state index contributed by atoms with van der Waals surface area (Å²) < 4.78 is 0. The molecule has 4 heterocycles. The molecule has 2 unspecified atom stereocenters. The normalized spacial score (nSPS) is 19.6. The second-order valence-corrected chi connectivity index (χ2v) is 25.7. The van der Waals surface area contributed by atoms with Crippen LogP contribution in [-0.2, 0) is 27.1 Å². The van der Waals surface area contributed by atoms with E-state index in [2.05, 4.69) is 239 Å². The van der Waals surface area contributed by atoms with E-state index in [-0.39, 0.29) is 39.3 Å². The first-order valence-electron chi connectivity index (χ1n) is 26.1. The molecular formula is C65H73BN4. The fourth-order valence-electron chi connectivity index (χ4n) is 12.6. The highest BCUT2D eigenvalue weighted by Crippen LogP contribution is 2.62. The Labute approximate surface area is 420 Å². The van der Waals surface area contributed by atoms with Crippen LogP contribution in [0.5, 0.6) is 0 Å². The minimum absolute atomic E-state index is 0.0125. The van der Waals surface area contributed by atoms with E-state index in [0.717, 1.165) is 18.5 Å². The lowest BCUT2D eigenvalue weighted by atomic mass is 9.33. The standard InChI is InChI=1S/C65H73BN4/c1-60(2,3)43-21-19-23-47(36-43)68-55-38-45(62(7,8)9)27-29-51(55)66-52-30-28-46(63(10,11)12)39-56(52)69(48-24-20-22-44(37-48)61(4,5)6)58-41-49(40-57(68)59(58)66)70-54-31-26-42(53-25-15-18-34-67-53)35-50(54)64(13)32-16-17-33-65(64,70)14/h15,18-31,34-41H,16-17,32-33H2,1-14H3. The fraction of sp³-hybridized carbons (Fsp3) is 0.369. The van der Waals surface area contributed by atoms with Gasteiger partial charge in [0.15, 0.2) is 0 Å². The number of nitrogens with zero attached hydrogens (tertiary/aromatic N) is 4. The molecule has 11 rings (SSSR count). The van der Waals surface area contributed by atoms with E-state index in [1.165, 1.54) is 108 Å². The van der Waals surface area contributed by atoms with Crippen LogP contribution < -0.4 is 31.1 Å². The van der Waals surface area contributed by atoms with Crippen LogP contribution in [0, 0.1) is 0 Å². The first kappa shape index (κ1) is 46.3. The molecule has 0 saturated heterocycles. The summed E-state index contributed by atoms with van der Waals surface area (Å²) >= 11 is 0. The van der Waals surface area contributed by atoms with Crippen LogP contribution in [0.3, 0.4) is 0 Å². The molecule has 7 aromatic rings. The van der Waals surface area contributed by atoms with Gasteiger partial charge in [0, 0.05) is 62.7 Å². The zero-order valence-corrected chi connectivity index (χ0v) is 44.5. The molecule has 0 spiro atoms. The summed E-state index contributed by atoms with van der Waals surface area (Å²) in [6.45, 7) is 33.3. The summed E-state index contributed by atoms with van der Waals surface area (Å²) in [5.74, 6) is 0. The molecule has 1 aliphatic carbocycles. The lowest BCUT2D eigenvalue weighted by molar-refractivity contribution is 0.195. The summed E-state index contributed by atoms with van der Waals surface area (Å²) in [5, 5.41) is 0. The number of rotatable bonds is 4. The predicted octanol–water partition coefficient (Wildman–Crippen LogP) is 15.8. The fourth-order valence-corrected chi connectivity index (χ4v) is 12.6. The highest BCUT2D eigenvalue weighted by atomic mass is 15.3. The summed E-state index contributed by atoms with van der Waals surface area (Å²) in [7, 11) is 0. The van der Waals surface area contributed by atoms with E-state index < -0.39 is 0 Å². The Morgan fingerprint density at radius 3 is 1.47 bits per heavy atom. The minimum Gasteiger partial charge on any atom is -0.334 e. The number of anilines is 8. The molecule has 4 aliphatic rings. The summed E-state index contributed by atoms with van der Waals surface area (Å²) in [4.78, 5) is 13.0. The van der Waals surface area contributed by atoms with Gasteiger partial charge in [-0.25, -0.2) is 0 Å². The summed E-state index contributed by atoms with van der Waals surface area (Å²) in [6.07, 6.45) is 6.59. The maximum Gasteiger partial charge on any atom is 0.252 e. The van der Waals surface area contributed by atoms with Gasteiger partial charge < -0.3 is 14.7 Å². The maximum atomic E-state index is 4.85. The maximum absolute atomic E-state index is 4.85. The molecule has 356 valence electrons. The van der Waals surface area contributed by atoms with Crippen LogP contribution in [-0.4, -0.2) is 17.2 Å². The van der Waals surface area contributed by atoms with Crippen molar-refractivity contribution >= 4 is 68.6 Å². The largest absolute Gasteiger partial charge is 0.334 e. The number of fused-ring (bicyclic) bond motifs is 7. The molecule has 6 aromatic carbocycles. The monoisotopic (exact) mass is 921 g/mol. The molecule has 4 nitrogen and oxygen atoms in total. The van der Waals surface area contributed by atoms with Crippen LogP contribution in [0.25, 0.3) is 11.3 Å². The Kier molecular flexibility index (Phi) is 10.4. The van der Waals surface area contributed by atoms with Crippen molar-refractivity contribution in [3.05, 3.63) is 167 Å². The zero-order chi connectivity index (χ0) is 49.5. The Morgan fingerprint density at radius 1 is 0.457 bits per heavy atom. The van der Waals surface area contributed by atoms with E-state index in [1.54, 1.807) is 0 Å². The van der Waals surface area contributed by atoms with Gasteiger partial charge in [-0.1, -0.05) is 164 Å². The van der Waals surface area contributed by atoms with Gasteiger partial charge >= 0.3 is 0 Å². The van der Waals surface area contributed by atoms with E-state index in [4.69, 9.17) is 4.98 Å². The van der Waals surface area contributed by atoms with Gasteiger partial charge in [-0.05, 0) is 158 Å². The van der Waals surface area contributed by atoms with Gasteiger partial charge in [0.1, 0.15) is 0 Å². The van der Waals surface area contributed by atoms with Gasteiger partial charge in [-0.15, -0.1) is 0 Å². The topological polar surface area (TPSA) is 22.6 Å². The number of benzene rings is 6. The van der Waals surface area contributed by atoms with Crippen molar-refractivity contribution in [2.24, 2.45) is 0 Å². The van der Waals surface area contributed by atoms with Crippen LogP contribution >= 0.6 is 0 Å². The quantitative estimate of drug-likeness (QED) is 0.164. The molecule has 70 heavy (non-hydrogen) atoms. The van der Waals surface area contributed by atoms with Gasteiger partial charge in [-0.3, -0.25) is 4.98 Å². The number of hydrogen-bond acceptors (Lipinski definition) is 4. The van der Waals surface area contributed by atoms with Crippen LogP contribution in [0.2, 0.25) is 0 Å². The van der Waals surface area contributed by atoms with Crippen molar-refractivity contribution in [1.29, 1.82) is 0 Å². The van der Waals surface area contributed by atoms with E-state index in [0.29, 0.717) is 0 Å². The molecule has 5 heteroatoms. The van der Waals surface area contributed by atoms with Gasteiger partial charge in [-0.2, -0.15) is 0 Å². The smallest absolute Gasteiger partial charge is 0.252 e. The molecule has 2 atom stereocenters. The highest BCUT2D eigenvalue weighted by molar-refractivity contribution is 7.00. The van der Waals surface area contributed by atoms with Gasteiger partial charge in [0.2, 0.25) is 0 Å². The van der Waals surface area contributed by atoms with Crippen molar-refractivity contribution in [3.8, 4) is 11.3 Å². The van der Waals surface area contributed by atoms with Crippen molar-refractivity contribution < 1.29 is 0 Å². The van der Waals surface area contributed by atoms with Crippen molar-refractivity contribution in [1.82, 2.24) is 4.98 Å². The minimum atomic E-state index is -0.178. The molecule has 1 saturated carbocycles. The average Bonchev–Trinajstić information content (AvgIpc) is 3.52. The van der Waals surface area contributed by atoms with Gasteiger partial charge in [0.05, 0.1) is 11.2 Å². The van der Waals surface area contributed by atoms with E-state index in [1.807, 2.05) is 12.3 Å². The highest BCUT2D eigenvalue weighted by Gasteiger charge is 2.58. The van der Waals surface area contributed by atoms with E-state index >= 15 is 0 Å². The molecule has 0 N–H and O–H groups in total.